The highest BCUT2D eigenvalue weighted by Gasteiger charge is 2.13. The Labute approximate surface area is 98.8 Å². The van der Waals surface area contributed by atoms with Crippen LogP contribution in [-0.4, -0.2) is 12.2 Å². The van der Waals surface area contributed by atoms with Crippen molar-refractivity contribution in [1.82, 2.24) is 0 Å². The van der Waals surface area contributed by atoms with Gasteiger partial charge in [-0.25, -0.2) is 0 Å². The SMILES string of the molecule is CCc1ccc(C(N)COC(C)(C)C)cc1. The van der Waals surface area contributed by atoms with Gasteiger partial charge in [-0.05, 0) is 38.3 Å². The van der Waals surface area contributed by atoms with Crippen molar-refractivity contribution in [2.75, 3.05) is 6.61 Å². The highest BCUT2D eigenvalue weighted by Crippen LogP contribution is 2.15. The minimum absolute atomic E-state index is 0.0369. The molecule has 0 aliphatic rings. The van der Waals surface area contributed by atoms with Crippen LogP contribution in [0.5, 0.6) is 0 Å². The molecule has 0 saturated carbocycles. The molecule has 0 fully saturated rings. The molecule has 0 amide bonds. The third-order valence-electron chi connectivity index (χ3n) is 2.51. The van der Waals surface area contributed by atoms with Crippen molar-refractivity contribution in [1.29, 1.82) is 0 Å². The number of hydrogen-bond acceptors (Lipinski definition) is 2. The van der Waals surface area contributed by atoms with E-state index >= 15 is 0 Å². The molecule has 0 heterocycles. The lowest BCUT2D eigenvalue weighted by molar-refractivity contribution is -0.0102. The smallest absolute Gasteiger partial charge is 0.0666 e. The van der Waals surface area contributed by atoms with Crippen LogP contribution in [0, 0.1) is 0 Å². The Morgan fingerprint density at radius 2 is 1.75 bits per heavy atom. The molecule has 2 nitrogen and oxygen atoms in total. The summed E-state index contributed by atoms with van der Waals surface area (Å²) in [7, 11) is 0. The fourth-order valence-electron chi connectivity index (χ4n) is 1.44. The Morgan fingerprint density at radius 1 is 1.19 bits per heavy atom. The van der Waals surface area contributed by atoms with E-state index in [1.165, 1.54) is 5.56 Å². The van der Waals surface area contributed by atoms with Crippen LogP contribution in [0.25, 0.3) is 0 Å². The number of hydrogen-bond donors (Lipinski definition) is 1. The molecular weight excluding hydrogens is 198 g/mol. The quantitative estimate of drug-likeness (QED) is 0.848. The minimum atomic E-state index is -0.124. The summed E-state index contributed by atoms with van der Waals surface area (Å²) in [6.45, 7) is 8.84. The first-order chi connectivity index (χ1) is 7.42. The first-order valence-corrected chi connectivity index (χ1v) is 5.91. The van der Waals surface area contributed by atoms with E-state index in [0.717, 1.165) is 12.0 Å². The number of ether oxygens (including phenoxy) is 1. The van der Waals surface area contributed by atoms with Gasteiger partial charge in [0.15, 0.2) is 0 Å². The molecule has 0 aliphatic heterocycles. The average molecular weight is 221 g/mol. The van der Waals surface area contributed by atoms with Crippen molar-refractivity contribution in [3.63, 3.8) is 0 Å². The van der Waals surface area contributed by atoms with Gasteiger partial charge in [-0.2, -0.15) is 0 Å². The molecule has 90 valence electrons. The van der Waals surface area contributed by atoms with Crippen LogP contribution in [0.15, 0.2) is 24.3 Å². The summed E-state index contributed by atoms with van der Waals surface area (Å²) in [5.41, 5.74) is 8.43. The molecule has 16 heavy (non-hydrogen) atoms. The predicted molar refractivity (Wildman–Crippen MR) is 68.5 cm³/mol. The summed E-state index contributed by atoms with van der Waals surface area (Å²) in [5, 5.41) is 0. The minimum Gasteiger partial charge on any atom is -0.374 e. The zero-order valence-corrected chi connectivity index (χ0v) is 10.8. The first-order valence-electron chi connectivity index (χ1n) is 5.91. The van der Waals surface area contributed by atoms with Crippen molar-refractivity contribution >= 4 is 0 Å². The molecule has 0 spiro atoms. The van der Waals surface area contributed by atoms with Crippen LogP contribution in [0.3, 0.4) is 0 Å². The zero-order valence-electron chi connectivity index (χ0n) is 10.8. The van der Waals surface area contributed by atoms with Crippen molar-refractivity contribution < 1.29 is 4.74 Å². The van der Waals surface area contributed by atoms with Gasteiger partial charge in [0.1, 0.15) is 0 Å². The molecule has 2 heteroatoms. The molecule has 0 radical (unpaired) electrons. The lowest BCUT2D eigenvalue weighted by atomic mass is 10.0. The standard InChI is InChI=1S/C14H23NO/c1-5-11-6-8-12(9-7-11)13(15)10-16-14(2,3)4/h6-9,13H,5,10,15H2,1-4H3. The Kier molecular flexibility index (Phi) is 4.51. The molecule has 1 unspecified atom stereocenters. The average Bonchev–Trinajstić information content (AvgIpc) is 2.25. The van der Waals surface area contributed by atoms with Gasteiger partial charge in [-0.3, -0.25) is 0 Å². The lowest BCUT2D eigenvalue weighted by Gasteiger charge is -2.22. The summed E-state index contributed by atoms with van der Waals surface area (Å²) in [5.74, 6) is 0. The Balaban J connectivity index is 2.56. The van der Waals surface area contributed by atoms with Crippen LogP contribution >= 0.6 is 0 Å². The van der Waals surface area contributed by atoms with Gasteiger partial charge >= 0.3 is 0 Å². The van der Waals surface area contributed by atoms with Crippen LogP contribution in [-0.2, 0) is 11.2 Å². The van der Waals surface area contributed by atoms with E-state index in [-0.39, 0.29) is 11.6 Å². The summed E-state index contributed by atoms with van der Waals surface area (Å²) < 4.78 is 5.68. The number of nitrogens with two attached hydrogens (primary N) is 1. The Morgan fingerprint density at radius 3 is 2.19 bits per heavy atom. The molecule has 0 aliphatic carbocycles. The molecule has 1 rings (SSSR count). The lowest BCUT2D eigenvalue weighted by Crippen LogP contribution is -2.26. The van der Waals surface area contributed by atoms with Gasteiger partial charge in [-0.1, -0.05) is 31.2 Å². The van der Waals surface area contributed by atoms with Crippen LogP contribution in [0.1, 0.15) is 44.9 Å². The van der Waals surface area contributed by atoms with Gasteiger partial charge < -0.3 is 10.5 Å². The van der Waals surface area contributed by atoms with Crippen molar-refractivity contribution in [2.24, 2.45) is 5.73 Å². The van der Waals surface area contributed by atoms with Crippen LogP contribution < -0.4 is 5.73 Å². The molecule has 1 aromatic carbocycles. The Bertz CT molecular complexity index is 311. The molecule has 1 atom stereocenters. The van der Waals surface area contributed by atoms with Crippen molar-refractivity contribution in [3.8, 4) is 0 Å². The van der Waals surface area contributed by atoms with Crippen LogP contribution in [0.4, 0.5) is 0 Å². The van der Waals surface area contributed by atoms with E-state index in [2.05, 4.69) is 31.2 Å². The van der Waals surface area contributed by atoms with Gasteiger partial charge in [-0.15, -0.1) is 0 Å². The van der Waals surface area contributed by atoms with E-state index in [1.54, 1.807) is 0 Å². The van der Waals surface area contributed by atoms with E-state index in [4.69, 9.17) is 10.5 Å². The number of aryl methyl sites for hydroxylation is 1. The maximum atomic E-state index is 6.07. The predicted octanol–water partition coefficient (Wildman–Crippen LogP) is 3.06. The zero-order chi connectivity index (χ0) is 12.2. The van der Waals surface area contributed by atoms with Gasteiger partial charge in [0.2, 0.25) is 0 Å². The Hall–Kier alpha value is -0.860. The van der Waals surface area contributed by atoms with E-state index in [9.17, 15) is 0 Å². The maximum Gasteiger partial charge on any atom is 0.0666 e. The van der Waals surface area contributed by atoms with Gasteiger partial charge in [0.05, 0.1) is 18.2 Å². The highest BCUT2D eigenvalue weighted by atomic mass is 16.5. The number of benzene rings is 1. The van der Waals surface area contributed by atoms with E-state index in [1.807, 2.05) is 20.8 Å². The molecule has 0 bridgehead atoms. The fraction of sp³-hybridized carbons (Fsp3) is 0.571. The largest absolute Gasteiger partial charge is 0.374 e. The third-order valence-corrected chi connectivity index (χ3v) is 2.51. The van der Waals surface area contributed by atoms with Crippen molar-refractivity contribution in [2.45, 2.75) is 45.8 Å². The van der Waals surface area contributed by atoms with Gasteiger partial charge in [0.25, 0.3) is 0 Å². The molecule has 0 aromatic heterocycles. The summed E-state index contributed by atoms with van der Waals surface area (Å²) in [6, 6.07) is 8.41. The van der Waals surface area contributed by atoms with E-state index in [0.29, 0.717) is 6.61 Å². The summed E-state index contributed by atoms with van der Waals surface area (Å²) in [6.07, 6.45) is 1.06. The normalized spacial score (nSPS) is 13.8. The second-order valence-corrected chi connectivity index (χ2v) is 5.13. The molecular formula is C14H23NO. The monoisotopic (exact) mass is 221 g/mol. The summed E-state index contributed by atoms with van der Waals surface area (Å²) in [4.78, 5) is 0. The maximum absolute atomic E-state index is 6.07. The molecule has 0 saturated heterocycles. The fourth-order valence-corrected chi connectivity index (χ4v) is 1.44. The summed E-state index contributed by atoms with van der Waals surface area (Å²) >= 11 is 0. The van der Waals surface area contributed by atoms with E-state index < -0.39 is 0 Å². The second-order valence-electron chi connectivity index (χ2n) is 5.13. The number of rotatable bonds is 4. The topological polar surface area (TPSA) is 35.2 Å². The second kappa shape index (κ2) is 5.46. The highest BCUT2D eigenvalue weighted by molar-refractivity contribution is 5.24. The first kappa shape index (κ1) is 13.2. The molecule has 1 aromatic rings. The van der Waals surface area contributed by atoms with Crippen LogP contribution in [0.2, 0.25) is 0 Å². The van der Waals surface area contributed by atoms with Crippen molar-refractivity contribution in [3.05, 3.63) is 35.4 Å². The third kappa shape index (κ3) is 4.33. The van der Waals surface area contributed by atoms with Gasteiger partial charge in [0, 0.05) is 0 Å². The molecule has 2 N–H and O–H groups in total.